The van der Waals surface area contributed by atoms with Crippen molar-refractivity contribution in [2.75, 3.05) is 5.32 Å². The molecule has 21 heavy (non-hydrogen) atoms. The van der Waals surface area contributed by atoms with Gasteiger partial charge in [0.25, 0.3) is 0 Å². The molecular formula is C15H21N5O. The van der Waals surface area contributed by atoms with Gasteiger partial charge in [-0.3, -0.25) is 4.79 Å². The molecule has 2 aromatic rings. The molecule has 0 aliphatic carbocycles. The Morgan fingerprint density at radius 2 is 2.33 bits per heavy atom. The molecule has 2 rings (SSSR count). The predicted octanol–water partition coefficient (Wildman–Crippen LogP) is 1.78. The number of amides is 1. The maximum Gasteiger partial charge on any atom is 0.224 e. The summed E-state index contributed by atoms with van der Waals surface area (Å²) in [6, 6.07) is 7.89. The Morgan fingerprint density at radius 3 is 3.05 bits per heavy atom. The molecule has 0 saturated heterocycles. The van der Waals surface area contributed by atoms with Crippen LogP contribution in [0.25, 0.3) is 0 Å². The fraction of sp³-hybridized carbons (Fsp3) is 0.400. The van der Waals surface area contributed by atoms with Gasteiger partial charge in [-0.1, -0.05) is 12.1 Å². The summed E-state index contributed by atoms with van der Waals surface area (Å²) in [5.74, 6) is 0.0218. The number of benzene rings is 1. The molecule has 0 saturated carbocycles. The van der Waals surface area contributed by atoms with Crippen LogP contribution in [0.4, 0.5) is 5.69 Å². The van der Waals surface area contributed by atoms with Gasteiger partial charge in [-0.05, 0) is 37.5 Å². The van der Waals surface area contributed by atoms with Crippen molar-refractivity contribution >= 4 is 11.6 Å². The van der Waals surface area contributed by atoms with Crippen molar-refractivity contribution in [3.63, 3.8) is 0 Å². The fourth-order valence-electron chi connectivity index (χ4n) is 2.06. The van der Waals surface area contributed by atoms with Gasteiger partial charge in [-0.2, -0.15) is 5.10 Å². The number of nitrogens with zero attached hydrogens (tertiary/aromatic N) is 3. The van der Waals surface area contributed by atoms with E-state index in [4.69, 9.17) is 5.73 Å². The van der Waals surface area contributed by atoms with Crippen LogP contribution in [-0.4, -0.2) is 26.7 Å². The lowest BCUT2D eigenvalue weighted by Gasteiger charge is -2.08. The molecule has 112 valence electrons. The van der Waals surface area contributed by atoms with Crippen molar-refractivity contribution in [1.29, 1.82) is 0 Å². The highest BCUT2D eigenvalue weighted by molar-refractivity contribution is 5.90. The highest BCUT2D eigenvalue weighted by Gasteiger charge is 2.04. The summed E-state index contributed by atoms with van der Waals surface area (Å²) in [5.41, 5.74) is 7.54. The molecule has 1 atom stereocenters. The first-order chi connectivity index (χ1) is 10.1. The van der Waals surface area contributed by atoms with Gasteiger partial charge >= 0.3 is 0 Å². The van der Waals surface area contributed by atoms with Gasteiger partial charge in [-0.25, -0.2) is 9.67 Å². The summed E-state index contributed by atoms with van der Waals surface area (Å²) in [4.78, 5) is 15.8. The van der Waals surface area contributed by atoms with Crippen LogP contribution in [0.3, 0.4) is 0 Å². The Morgan fingerprint density at radius 1 is 1.48 bits per heavy atom. The van der Waals surface area contributed by atoms with E-state index in [9.17, 15) is 4.79 Å². The van der Waals surface area contributed by atoms with Crippen LogP contribution in [0.2, 0.25) is 0 Å². The molecule has 0 aliphatic rings. The molecular weight excluding hydrogens is 266 g/mol. The monoisotopic (exact) mass is 287 g/mol. The third-order valence-electron chi connectivity index (χ3n) is 3.09. The summed E-state index contributed by atoms with van der Waals surface area (Å²) in [6.07, 6.45) is 5.33. The van der Waals surface area contributed by atoms with E-state index in [0.717, 1.165) is 24.1 Å². The second-order valence-electron chi connectivity index (χ2n) is 5.21. The van der Waals surface area contributed by atoms with E-state index in [1.165, 1.54) is 6.33 Å². The van der Waals surface area contributed by atoms with Crippen LogP contribution in [0.15, 0.2) is 36.9 Å². The molecule has 1 heterocycles. The molecule has 0 radical (unpaired) electrons. The maximum absolute atomic E-state index is 11.8. The molecule has 1 unspecified atom stereocenters. The number of carbonyl (C=O) groups is 1. The molecule has 0 bridgehead atoms. The summed E-state index contributed by atoms with van der Waals surface area (Å²) in [7, 11) is 0. The van der Waals surface area contributed by atoms with Gasteiger partial charge < -0.3 is 11.1 Å². The minimum absolute atomic E-state index is 0.0218. The third kappa shape index (κ3) is 5.35. The van der Waals surface area contributed by atoms with Crippen molar-refractivity contribution in [2.45, 2.75) is 38.8 Å². The topological polar surface area (TPSA) is 85.8 Å². The van der Waals surface area contributed by atoms with E-state index < -0.39 is 0 Å². The number of nitrogens with one attached hydrogen (secondary N) is 1. The van der Waals surface area contributed by atoms with Crippen molar-refractivity contribution in [1.82, 2.24) is 14.8 Å². The minimum Gasteiger partial charge on any atom is -0.328 e. The second-order valence-corrected chi connectivity index (χ2v) is 5.21. The van der Waals surface area contributed by atoms with E-state index in [0.29, 0.717) is 13.0 Å². The fourth-order valence-corrected chi connectivity index (χ4v) is 2.06. The summed E-state index contributed by atoms with van der Waals surface area (Å²) >= 11 is 0. The molecule has 0 spiro atoms. The van der Waals surface area contributed by atoms with Crippen molar-refractivity contribution < 1.29 is 4.79 Å². The summed E-state index contributed by atoms with van der Waals surface area (Å²) < 4.78 is 1.74. The van der Waals surface area contributed by atoms with Crippen molar-refractivity contribution in [3.05, 3.63) is 42.5 Å². The van der Waals surface area contributed by atoms with Gasteiger partial charge in [0, 0.05) is 18.2 Å². The summed E-state index contributed by atoms with van der Waals surface area (Å²) in [5, 5.41) is 6.98. The Balaban J connectivity index is 1.87. The predicted molar refractivity (Wildman–Crippen MR) is 81.7 cm³/mol. The van der Waals surface area contributed by atoms with Crippen LogP contribution in [-0.2, 0) is 11.3 Å². The standard InChI is InChI=1S/C15H21N5O/c1-12(16)4-2-7-15(21)19-14-6-3-5-13(8-14)9-20-11-17-10-18-20/h3,5-6,8,10-12H,2,4,7,9,16H2,1H3,(H,19,21). The van der Waals surface area contributed by atoms with E-state index in [2.05, 4.69) is 15.4 Å². The lowest BCUT2D eigenvalue weighted by molar-refractivity contribution is -0.116. The Kier molecular flexibility index (Phi) is 5.45. The van der Waals surface area contributed by atoms with Gasteiger partial charge in [0.1, 0.15) is 12.7 Å². The lowest BCUT2D eigenvalue weighted by atomic mass is 10.1. The normalized spacial score (nSPS) is 12.1. The number of hydrogen-bond donors (Lipinski definition) is 2. The maximum atomic E-state index is 11.8. The number of carbonyl (C=O) groups excluding carboxylic acids is 1. The highest BCUT2D eigenvalue weighted by Crippen LogP contribution is 2.12. The molecule has 0 fully saturated rings. The van der Waals surface area contributed by atoms with Crippen LogP contribution in [0.1, 0.15) is 31.7 Å². The molecule has 0 aliphatic heterocycles. The van der Waals surface area contributed by atoms with Gasteiger partial charge in [0.2, 0.25) is 5.91 Å². The van der Waals surface area contributed by atoms with E-state index in [-0.39, 0.29) is 11.9 Å². The zero-order valence-corrected chi connectivity index (χ0v) is 12.2. The number of hydrogen-bond acceptors (Lipinski definition) is 4. The molecule has 1 aromatic heterocycles. The average molecular weight is 287 g/mol. The Hall–Kier alpha value is -2.21. The van der Waals surface area contributed by atoms with Crippen LogP contribution >= 0.6 is 0 Å². The zero-order chi connectivity index (χ0) is 15.1. The minimum atomic E-state index is 0.0218. The first-order valence-corrected chi connectivity index (χ1v) is 7.10. The van der Waals surface area contributed by atoms with Gasteiger partial charge in [-0.15, -0.1) is 0 Å². The average Bonchev–Trinajstić information content (AvgIpc) is 2.91. The molecule has 6 heteroatoms. The largest absolute Gasteiger partial charge is 0.328 e. The lowest BCUT2D eigenvalue weighted by Crippen LogP contribution is -2.16. The Labute approximate surface area is 124 Å². The van der Waals surface area contributed by atoms with Gasteiger partial charge in [0.15, 0.2) is 0 Å². The van der Waals surface area contributed by atoms with Crippen LogP contribution in [0.5, 0.6) is 0 Å². The third-order valence-corrected chi connectivity index (χ3v) is 3.09. The first kappa shape index (κ1) is 15.2. The van der Waals surface area contributed by atoms with Crippen LogP contribution < -0.4 is 11.1 Å². The number of rotatable bonds is 7. The van der Waals surface area contributed by atoms with E-state index >= 15 is 0 Å². The quantitative estimate of drug-likeness (QED) is 0.813. The van der Waals surface area contributed by atoms with Crippen molar-refractivity contribution in [2.24, 2.45) is 5.73 Å². The smallest absolute Gasteiger partial charge is 0.224 e. The number of aromatic nitrogens is 3. The summed E-state index contributed by atoms with van der Waals surface area (Å²) in [6.45, 7) is 2.58. The van der Waals surface area contributed by atoms with Crippen molar-refractivity contribution in [3.8, 4) is 0 Å². The van der Waals surface area contributed by atoms with Crippen LogP contribution in [0, 0.1) is 0 Å². The highest BCUT2D eigenvalue weighted by atomic mass is 16.1. The second kappa shape index (κ2) is 7.54. The SMILES string of the molecule is CC(N)CCCC(=O)Nc1cccc(Cn2cncn2)c1. The molecule has 6 nitrogen and oxygen atoms in total. The molecule has 1 amide bonds. The molecule has 1 aromatic carbocycles. The van der Waals surface area contributed by atoms with E-state index in [1.807, 2.05) is 31.2 Å². The molecule has 3 N–H and O–H groups in total. The van der Waals surface area contributed by atoms with Gasteiger partial charge in [0.05, 0.1) is 6.54 Å². The zero-order valence-electron chi connectivity index (χ0n) is 12.2. The van der Waals surface area contributed by atoms with E-state index in [1.54, 1.807) is 11.0 Å². The number of nitrogens with two attached hydrogens (primary N) is 1. The Bertz CT molecular complexity index is 565. The number of anilines is 1. The first-order valence-electron chi connectivity index (χ1n) is 7.10.